The second-order valence-corrected chi connectivity index (χ2v) is 6.80. The molecule has 8 heteroatoms. The molecule has 0 aromatic carbocycles. The fourth-order valence-corrected chi connectivity index (χ4v) is 3.49. The zero-order chi connectivity index (χ0) is 15.7. The number of rotatable bonds is 10. The van der Waals surface area contributed by atoms with Crippen LogP contribution in [0.15, 0.2) is 0 Å². The number of carbonyl (C=O) groups is 1. The molecule has 1 fully saturated rings. The lowest BCUT2D eigenvalue weighted by Gasteiger charge is -2.18. The molecule has 0 N–H and O–H groups in total. The molecular weight excluding hydrogens is 299 g/mol. The Balaban J connectivity index is 2.19. The van der Waals surface area contributed by atoms with Crippen LogP contribution < -0.4 is 0 Å². The molecule has 0 aliphatic carbocycles. The van der Waals surface area contributed by atoms with E-state index in [1.165, 1.54) is 6.92 Å². The van der Waals surface area contributed by atoms with E-state index in [2.05, 4.69) is 0 Å². The molecule has 21 heavy (non-hydrogen) atoms. The van der Waals surface area contributed by atoms with E-state index in [0.717, 1.165) is 6.42 Å². The number of esters is 1. The highest BCUT2D eigenvalue weighted by atomic mass is 31.2. The van der Waals surface area contributed by atoms with Gasteiger partial charge in [0.25, 0.3) is 0 Å². The Bertz CT molecular complexity index is 350. The summed E-state index contributed by atoms with van der Waals surface area (Å²) in [6.07, 6.45) is 1.08. The second-order valence-electron chi connectivity index (χ2n) is 4.62. The smallest absolute Gasteiger partial charge is 0.332 e. The molecule has 0 amide bonds. The molecule has 0 saturated carbocycles. The Labute approximate surface area is 125 Å². The van der Waals surface area contributed by atoms with E-state index in [1.807, 2.05) is 0 Å². The van der Waals surface area contributed by atoms with Crippen LogP contribution in [0.3, 0.4) is 0 Å². The summed E-state index contributed by atoms with van der Waals surface area (Å²) in [5, 5.41) is 0. The van der Waals surface area contributed by atoms with Crippen LogP contribution in [0.5, 0.6) is 0 Å². The molecule has 1 aliphatic heterocycles. The van der Waals surface area contributed by atoms with E-state index in [1.54, 1.807) is 13.8 Å². The van der Waals surface area contributed by atoms with E-state index in [4.69, 9.17) is 23.3 Å². The van der Waals surface area contributed by atoms with Crippen molar-refractivity contribution in [3.8, 4) is 0 Å². The minimum atomic E-state index is -3.05. The van der Waals surface area contributed by atoms with Gasteiger partial charge in [0.15, 0.2) is 0 Å². The van der Waals surface area contributed by atoms with Crippen molar-refractivity contribution in [1.29, 1.82) is 0 Å². The van der Waals surface area contributed by atoms with Gasteiger partial charge in [-0.3, -0.25) is 9.36 Å². The van der Waals surface area contributed by atoms with Gasteiger partial charge in [-0.05, 0) is 20.3 Å². The molecule has 2 unspecified atom stereocenters. The summed E-state index contributed by atoms with van der Waals surface area (Å²) >= 11 is 0. The average Bonchev–Trinajstić information content (AvgIpc) is 2.82. The lowest BCUT2D eigenvalue weighted by molar-refractivity contribution is -0.175. The van der Waals surface area contributed by atoms with E-state index in [0.29, 0.717) is 26.2 Å². The Hall–Kier alpha value is -0.460. The van der Waals surface area contributed by atoms with Gasteiger partial charge in [-0.2, -0.15) is 0 Å². The van der Waals surface area contributed by atoms with Gasteiger partial charge in [0.2, 0.25) is 6.29 Å². The average molecular weight is 324 g/mol. The largest absolute Gasteiger partial charge is 0.436 e. The highest BCUT2D eigenvalue weighted by molar-refractivity contribution is 7.53. The third kappa shape index (κ3) is 7.38. The van der Waals surface area contributed by atoms with Crippen LogP contribution in [0.1, 0.15) is 33.6 Å². The lowest BCUT2D eigenvalue weighted by Crippen LogP contribution is -2.21. The summed E-state index contributed by atoms with van der Waals surface area (Å²) in [7, 11) is -3.05. The van der Waals surface area contributed by atoms with Crippen LogP contribution >= 0.6 is 7.60 Å². The number of carbonyl (C=O) groups excluding carboxylic acids is 1. The number of hydrogen-bond donors (Lipinski definition) is 0. The summed E-state index contributed by atoms with van der Waals surface area (Å²) in [6.45, 7) is 6.22. The molecular formula is C13H25O7P. The third-order valence-corrected chi connectivity index (χ3v) is 4.86. The lowest BCUT2D eigenvalue weighted by atomic mass is 10.2. The molecule has 1 heterocycles. The van der Waals surface area contributed by atoms with Gasteiger partial charge in [0.1, 0.15) is 0 Å². The van der Waals surface area contributed by atoms with Crippen molar-refractivity contribution in [2.75, 3.05) is 32.6 Å². The minimum Gasteiger partial charge on any atom is -0.436 e. The molecule has 0 radical (unpaired) electrons. The fraction of sp³-hybridized carbons (Fsp3) is 0.923. The van der Waals surface area contributed by atoms with Gasteiger partial charge in [0, 0.05) is 13.3 Å². The highest BCUT2D eigenvalue weighted by Gasteiger charge is 2.28. The number of hydrogen-bond acceptors (Lipinski definition) is 7. The van der Waals surface area contributed by atoms with Gasteiger partial charge in [0.05, 0.1) is 38.7 Å². The maximum atomic E-state index is 12.2. The van der Waals surface area contributed by atoms with Crippen LogP contribution in [-0.4, -0.2) is 51.0 Å². The molecule has 2 atom stereocenters. The first-order valence-electron chi connectivity index (χ1n) is 7.27. The molecule has 0 spiro atoms. The molecule has 0 aromatic rings. The summed E-state index contributed by atoms with van der Waals surface area (Å²) in [6, 6.07) is 0. The third-order valence-electron chi connectivity index (χ3n) is 2.83. The quantitative estimate of drug-likeness (QED) is 0.346. The van der Waals surface area contributed by atoms with Gasteiger partial charge < -0.3 is 23.3 Å². The predicted molar refractivity (Wildman–Crippen MR) is 76.2 cm³/mol. The summed E-state index contributed by atoms with van der Waals surface area (Å²) < 4.78 is 38.4. The maximum Gasteiger partial charge on any atom is 0.332 e. The van der Waals surface area contributed by atoms with Gasteiger partial charge in [-0.15, -0.1) is 0 Å². The van der Waals surface area contributed by atoms with E-state index in [9.17, 15) is 9.36 Å². The van der Waals surface area contributed by atoms with Gasteiger partial charge in [-0.25, -0.2) is 0 Å². The zero-order valence-electron chi connectivity index (χ0n) is 12.9. The van der Waals surface area contributed by atoms with Crippen LogP contribution in [0.2, 0.25) is 0 Å². The molecule has 0 bridgehead atoms. The van der Waals surface area contributed by atoms with Gasteiger partial charge in [-0.1, -0.05) is 0 Å². The van der Waals surface area contributed by atoms with Crippen LogP contribution in [0.4, 0.5) is 0 Å². The van der Waals surface area contributed by atoms with Crippen LogP contribution in [0, 0.1) is 0 Å². The van der Waals surface area contributed by atoms with Crippen molar-refractivity contribution in [3.05, 3.63) is 0 Å². The summed E-state index contributed by atoms with van der Waals surface area (Å²) in [5.41, 5.74) is 0. The first-order valence-corrected chi connectivity index (χ1v) is 9.00. The minimum absolute atomic E-state index is 0.104. The standard InChI is InChI=1S/C13H25O7P/c1-4-17-21(15,18-5-2)9-8-16-10-12-6-7-13(20-12)19-11(3)14/h12-13H,4-10H2,1-3H3. The first-order chi connectivity index (χ1) is 9.99. The van der Waals surface area contributed by atoms with Crippen molar-refractivity contribution >= 4 is 13.6 Å². The molecule has 124 valence electrons. The highest BCUT2D eigenvalue weighted by Crippen LogP contribution is 2.47. The molecule has 7 nitrogen and oxygen atoms in total. The SMILES string of the molecule is CCOP(=O)(CCOCC1CCC(OC(C)=O)O1)OCC. The second kappa shape index (κ2) is 9.54. The van der Waals surface area contributed by atoms with Crippen molar-refractivity contribution in [2.45, 2.75) is 46.0 Å². The monoisotopic (exact) mass is 324 g/mol. The van der Waals surface area contributed by atoms with E-state index in [-0.39, 0.29) is 24.8 Å². The van der Waals surface area contributed by atoms with Crippen molar-refractivity contribution < 1.29 is 32.6 Å². The Morgan fingerprint density at radius 1 is 1.24 bits per heavy atom. The Morgan fingerprint density at radius 2 is 1.90 bits per heavy atom. The Morgan fingerprint density at radius 3 is 2.48 bits per heavy atom. The molecule has 1 saturated heterocycles. The Kier molecular flexibility index (Phi) is 8.44. The van der Waals surface area contributed by atoms with Crippen molar-refractivity contribution in [1.82, 2.24) is 0 Å². The molecule has 0 aromatic heterocycles. The van der Waals surface area contributed by atoms with E-state index >= 15 is 0 Å². The maximum absolute atomic E-state index is 12.2. The van der Waals surface area contributed by atoms with Crippen LogP contribution in [0.25, 0.3) is 0 Å². The normalized spacial score (nSPS) is 22.4. The summed E-state index contributed by atoms with van der Waals surface area (Å²) in [5.74, 6) is -0.351. The van der Waals surface area contributed by atoms with E-state index < -0.39 is 13.9 Å². The zero-order valence-corrected chi connectivity index (χ0v) is 13.8. The van der Waals surface area contributed by atoms with Crippen molar-refractivity contribution in [2.24, 2.45) is 0 Å². The topological polar surface area (TPSA) is 80.3 Å². The predicted octanol–water partition coefficient (Wildman–Crippen LogP) is 2.34. The fourth-order valence-electron chi connectivity index (χ4n) is 2.02. The molecule has 1 rings (SSSR count). The van der Waals surface area contributed by atoms with Crippen molar-refractivity contribution in [3.63, 3.8) is 0 Å². The van der Waals surface area contributed by atoms with Gasteiger partial charge >= 0.3 is 13.6 Å². The number of ether oxygens (including phenoxy) is 3. The first kappa shape index (κ1) is 18.6. The summed E-state index contributed by atoms with van der Waals surface area (Å²) in [4.78, 5) is 10.8. The molecule has 1 aliphatic rings. The van der Waals surface area contributed by atoms with Crippen LogP contribution in [-0.2, 0) is 32.6 Å².